The fourth-order valence-electron chi connectivity index (χ4n) is 2.25. The summed E-state index contributed by atoms with van der Waals surface area (Å²) in [6.07, 6.45) is 0.903. The highest BCUT2D eigenvalue weighted by atomic mass is 16.6. The molecule has 0 radical (unpaired) electrons. The molecule has 0 saturated carbocycles. The van der Waals surface area contributed by atoms with Crippen molar-refractivity contribution in [3.05, 3.63) is 45.3 Å². The van der Waals surface area contributed by atoms with Crippen LogP contribution in [0.4, 0.5) is 11.4 Å². The van der Waals surface area contributed by atoms with E-state index in [2.05, 4.69) is 10.4 Å². The maximum absolute atomic E-state index is 11.5. The smallest absolute Gasteiger partial charge is 0.317 e. The molecule has 0 atom stereocenters. The minimum Gasteiger partial charge on any atom is -0.379 e. The standard InChI is InChI=1S/C15H20N4O2/c1-5-9-16-13-7-6-8-14(15(13)19(20)21)18-12(4)10(2)11(3)17-18/h6-8,16H,5,9H2,1-4H3. The summed E-state index contributed by atoms with van der Waals surface area (Å²) >= 11 is 0. The van der Waals surface area contributed by atoms with E-state index >= 15 is 0 Å². The summed E-state index contributed by atoms with van der Waals surface area (Å²) in [5.74, 6) is 0. The molecule has 0 bridgehead atoms. The van der Waals surface area contributed by atoms with E-state index in [1.54, 1.807) is 16.8 Å². The molecule has 6 heteroatoms. The number of nitro groups is 1. The van der Waals surface area contributed by atoms with E-state index in [1.165, 1.54) is 0 Å². The minimum absolute atomic E-state index is 0.0663. The van der Waals surface area contributed by atoms with Gasteiger partial charge in [-0.15, -0.1) is 0 Å². The number of nitrogens with one attached hydrogen (secondary N) is 1. The summed E-state index contributed by atoms with van der Waals surface area (Å²) in [7, 11) is 0. The summed E-state index contributed by atoms with van der Waals surface area (Å²) in [4.78, 5) is 11.2. The number of nitro benzene ring substituents is 1. The lowest BCUT2D eigenvalue weighted by atomic mass is 10.2. The highest BCUT2D eigenvalue weighted by molar-refractivity contribution is 5.71. The highest BCUT2D eigenvalue weighted by Gasteiger charge is 2.23. The van der Waals surface area contributed by atoms with Crippen LogP contribution in [0.15, 0.2) is 18.2 Å². The van der Waals surface area contributed by atoms with Crippen LogP contribution in [0.1, 0.15) is 30.3 Å². The van der Waals surface area contributed by atoms with Gasteiger partial charge in [0, 0.05) is 12.2 Å². The van der Waals surface area contributed by atoms with Gasteiger partial charge in [-0.3, -0.25) is 10.1 Å². The molecule has 0 spiro atoms. The number of aryl methyl sites for hydroxylation is 1. The van der Waals surface area contributed by atoms with Crippen molar-refractivity contribution >= 4 is 11.4 Å². The summed E-state index contributed by atoms with van der Waals surface area (Å²) in [6, 6.07) is 5.27. The fourth-order valence-corrected chi connectivity index (χ4v) is 2.25. The summed E-state index contributed by atoms with van der Waals surface area (Å²) in [5, 5.41) is 19.0. The van der Waals surface area contributed by atoms with E-state index in [9.17, 15) is 10.1 Å². The number of benzene rings is 1. The maximum Gasteiger partial charge on any atom is 0.317 e. The molecule has 0 fully saturated rings. The van der Waals surface area contributed by atoms with E-state index in [0.717, 1.165) is 23.4 Å². The lowest BCUT2D eigenvalue weighted by Crippen LogP contribution is -2.08. The molecule has 1 heterocycles. The number of nitrogens with zero attached hydrogens (tertiary/aromatic N) is 3. The van der Waals surface area contributed by atoms with Crippen LogP contribution in [0.2, 0.25) is 0 Å². The van der Waals surface area contributed by atoms with Crippen molar-refractivity contribution < 1.29 is 4.92 Å². The van der Waals surface area contributed by atoms with Crippen LogP contribution < -0.4 is 5.32 Å². The van der Waals surface area contributed by atoms with Crippen molar-refractivity contribution in [3.8, 4) is 5.69 Å². The van der Waals surface area contributed by atoms with Crippen molar-refractivity contribution in [1.29, 1.82) is 0 Å². The van der Waals surface area contributed by atoms with Gasteiger partial charge in [-0.25, -0.2) is 4.68 Å². The van der Waals surface area contributed by atoms with E-state index < -0.39 is 0 Å². The third-order valence-corrected chi connectivity index (χ3v) is 3.64. The molecule has 1 aromatic heterocycles. The van der Waals surface area contributed by atoms with Gasteiger partial charge in [-0.05, 0) is 44.9 Å². The van der Waals surface area contributed by atoms with Crippen molar-refractivity contribution in [1.82, 2.24) is 9.78 Å². The molecule has 1 N–H and O–H groups in total. The van der Waals surface area contributed by atoms with Crippen LogP contribution >= 0.6 is 0 Å². The zero-order valence-electron chi connectivity index (χ0n) is 12.8. The Morgan fingerprint density at radius 3 is 2.57 bits per heavy atom. The van der Waals surface area contributed by atoms with E-state index in [1.807, 2.05) is 33.8 Å². The Kier molecular flexibility index (Phi) is 4.26. The van der Waals surface area contributed by atoms with Crippen molar-refractivity contribution in [2.45, 2.75) is 34.1 Å². The molecule has 0 saturated heterocycles. The molecule has 6 nitrogen and oxygen atoms in total. The van der Waals surface area contributed by atoms with Crippen LogP contribution in [0.25, 0.3) is 5.69 Å². The Morgan fingerprint density at radius 1 is 1.33 bits per heavy atom. The molecule has 0 aliphatic rings. The van der Waals surface area contributed by atoms with Crippen molar-refractivity contribution in [2.75, 3.05) is 11.9 Å². The van der Waals surface area contributed by atoms with E-state index in [4.69, 9.17) is 0 Å². The second kappa shape index (κ2) is 5.95. The normalized spacial score (nSPS) is 10.7. The van der Waals surface area contributed by atoms with Crippen LogP contribution in [-0.4, -0.2) is 21.2 Å². The largest absolute Gasteiger partial charge is 0.379 e. The molecule has 0 aliphatic carbocycles. The number of hydrogen-bond donors (Lipinski definition) is 1. The Labute approximate surface area is 123 Å². The zero-order valence-corrected chi connectivity index (χ0v) is 12.8. The quantitative estimate of drug-likeness (QED) is 0.674. The van der Waals surface area contributed by atoms with Crippen LogP contribution in [0, 0.1) is 30.9 Å². The maximum atomic E-state index is 11.5. The topological polar surface area (TPSA) is 73.0 Å². The first-order valence-corrected chi connectivity index (χ1v) is 7.01. The van der Waals surface area contributed by atoms with Crippen molar-refractivity contribution in [3.63, 3.8) is 0 Å². The molecule has 2 aromatic rings. The number of anilines is 1. The Morgan fingerprint density at radius 2 is 2.05 bits per heavy atom. The van der Waals surface area contributed by atoms with Crippen LogP contribution in [-0.2, 0) is 0 Å². The predicted molar refractivity (Wildman–Crippen MR) is 83.2 cm³/mol. The average Bonchev–Trinajstić information content (AvgIpc) is 2.72. The first-order valence-electron chi connectivity index (χ1n) is 7.01. The van der Waals surface area contributed by atoms with Crippen molar-refractivity contribution in [2.24, 2.45) is 0 Å². The van der Waals surface area contributed by atoms with Gasteiger partial charge < -0.3 is 5.32 Å². The Balaban J connectivity index is 2.62. The second-order valence-electron chi connectivity index (χ2n) is 5.06. The Bertz CT molecular complexity index is 677. The number of hydrogen-bond acceptors (Lipinski definition) is 4. The number of para-hydroxylation sites is 1. The summed E-state index contributed by atoms with van der Waals surface area (Å²) in [6.45, 7) is 8.52. The van der Waals surface area contributed by atoms with Gasteiger partial charge in [-0.1, -0.05) is 13.0 Å². The molecular weight excluding hydrogens is 268 g/mol. The summed E-state index contributed by atoms with van der Waals surface area (Å²) in [5.41, 5.74) is 3.95. The predicted octanol–water partition coefficient (Wildman–Crippen LogP) is 3.53. The third kappa shape index (κ3) is 2.74. The first kappa shape index (κ1) is 15.0. The minimum atomic E-state index is -0.348. The van der Waals surface area contributed by atoms with Gasteiger partial charge in [0.25, 0.3) is 0 Å². The number of rotatable bonds is 5. The van der Waals surface area contributed by atoms with Gasteiger partial charge in [0.2, 0.25) is 0 Å². The fraction of sp³-hybridized carbons (Fsp3) is 0.400. The van der Waals surface area contributed by atoms with Gasteiger partial charge in [-0.2, -0.15) is 5.10 Å². The molecule has 1 aromatic carbocycles. The molecule has 112 valence electrons. The second-order valence-corrected chi connectivity index (χ2v) is 5.06. The SMILES string of the molecule is CCCNc1cccc(-n2nc(C)c(C)c2C)c1[N+](=O)[O-]. The van der Waals surface area contributed by atoms with Crippen LogP contribution in [0.3, 0.4) is 0 Å². The lowest BCUT2D eigenvalue weighted by molar-refractivity contribution is -0.383. The van der Waals surface area contributed by atoms with Gasteiger partial charge >= 0.3 is 5.69 Å². The molecule has 0 unspecified atom stereocenters. The van der Waals surface area contributed by atoms with Gasteiger partial charge in [0.1, 0.15) is 11.4 Å². The van der Waals surface area contributed by atoms with Gasteiger partial charge in [0.15, 0.2) is 0 Å². The summed E-state index contributed by atoms with van der Waals surface area (Å²) < 4.78 is 1.65. The number of aromatic nitrogens is 2. The monoisotopic (exact) mass is 288 g/mol. The molecule has 21 heavy (non-hydrogen) atoms. The molecule has 0 amide bonds. The lowest BCUT2D eigenvalue weighted by Gasteiger charge is -2.10. The molecule has 0 aliphatic heterocycles. The third-order valence-electron chi connectivity index (χ3n) is 3.64. The highest BCUT2D eigenvalue weighted by Crippen LogP contribution is 2.32. The van der Waals surface area contributed by atoms with E-state index in [0.29, 0.717) is 17.9 Å². The Hall–Kier alpha value is -2.37. The molecule has 2 rings (SSSR count). The van der Waals surface area contributed by atoms with Gasteiger partial charge in [0.05, 0.1) is 10.6 Å². The molecular formula is C15H20N4O2. The first-order chi connectivity index (χ1) is 9.97. The van der Waals surface area contributed by atoms with E-state index in [-0.39, 0.29) is 10.6 Å². The van der Waals surface area contributed by atoms with Crippen LogP contribution in [0.5, 0.6) is 0 Å². The average molecular weight is 288 g/mol. The zero-order chi connectivity index (χ0) is 15.6.